The van der Waals surface area contributed by atoms with Crippen LogP contribution in [0.25, 0.3) is 0 Å². The van der Waals surface area contributed by atoms with E-state index < -0.39 is 0 Å². The summed E-state index contributed by atoms with van der Waals surface area (Å²) >= 11 is 0. The van der Waals surface area contributed by atoms with Crippen LogP contribution in [0.1, 0.15) is 33.6 Å². The van der Waals surface area contributed by atoms with E-state index in [0.717, 1.165) is 25.9 Å². The summed E-state index contributed by atoms with van der Waals surface area (Å²) in [7, 11) is 0. The molecule has 1 heterocycles. The molecule has 1 saturated heterocycles. The summed E-state index contributed by atoms with van der Waals surface area (Å²) in [5, 5.41) is 0. The largest absolute Gasteiger partial charge is 0.460 e. The van der Waals surface area contributed by atoms with Crippen LogP contribution in [0.4, 0.5) is 0 Å². The zero-order valence-corrected chi connectivity index (χ0v) is 11.2. The van der Waals surface area contributed by atoms with Gasteiger partial charge in [0.1, 0.15) is 5.60 Å². The summed E-state index contributed by atoms with van der Waals surface area (Å²) in [6.07, 6.45) is 1.73. The van der Waals surface area contributed by atoms with E-state index in [1.165, 1.54) is 0 Å². The van der Waals surface area contributed by atoms with E-state index in [1.807, 2.05) is 20.8 Å². The fourth-order valence-corrected chi connectivity index (χ4v) is 1.74. The summed E-state index contributed by atoms with van der Waals surface area (Å²) in [6.45, 7) is 8.10. The lowest BCUT2D eigenvalue weighted by atomic mass is 9.97. The number of hydrogen-bond donors (Lipinski definition) is 1. The molecule has 1 rings (SSSR count). The maximum absolute atomic E-state index is 11.7. The summed E-state index contributed by atoms with van der Waals surface area (Å²) in [5.74, 6) is 0.00574. The third kappa shape index (κ3) is 5.14. The number of ether oxygens (including phenoxy) is 1. The highest BCUT2D eigenvalue weighted by atomic mass is 35.5. The molecular weight excluding hydrogens is 228 g/mol. The Kier molecular flexibility index (Phi) is 6.30. The number of esters is 1. The first kappa shape index (κ1) is 15.7. The third-order valence-corrected chi connectivity index (χ3v) is 2.59. The molecule has 0 amide bonds. The van der Waals surface area contributed by atoms with Crippen LogP contribution in [0.3, 0.4) is 0 Å². The van der Waals surface area contributed by atoms with Gasteiger partial charge < -0.3 is 10.5 Å². The Morgan fingerprint density at radius 3 is 2.25 bits per heavy atom. The molecule has 1 aliphatic rings. The topological polar surface area (TPSA) is 55.6 Å². The second kappa shape index (κ2) is 6.42. The van der Waals surface area contributed by atoms with E-state index in [2.05, 4.69) is 4.90 Å². The Balaban J connectivity index is 0.00000225. The van der Waals surface area contributed by atoms with Crippen LogP contribution in [0.2, 0.25) is 0 Å². The first-order valence-electron chi connectivity index (χ1n) is 5.57. The Hall–Kier alpha value is -0.320. The molecule has 0 unspecified atom stereocenters. The minimum absolute atomic E-state index is 0. The van der Waals surface area contributed by atoms with Gasteiger partial charge in [-0.25, -0.2) is 0 Å². The molecule has 5 heteroatoms. The lowest BCUT2D eigenvalue weighted by Gasteiger charge is -2.31. The third-order valence-electron chi connectivity index (χ3n) is 2.59. The normalized spacial score (nSPS) is 19.0. The fraction of sp³-hybridized carbons (Fsp3) is 0.909. The zero-order valence-electron chi connectivity index (χ0n) is 10.4. The van der Waals surface area contributed by atoms with Crippen LogP contribution in [0.5, 0.6) is 0 Å². The molecule has 0 saturated carbocycles. The molecule has 16 heavy (non-hydrogen) atoms. The highest BCUT2D eigenvalue weighted by Gasteiger charge is 2.28. The highest BCUT2D eigenvalue weighted by Crippen LogP contribution is 2.20. The van der Waals surface area contributed by atoms with Gasteiger partial charge in [-0.1, -0.05) is 0 Å². The van der Waals surface area contributed by atoms with Crippen molar-refractivity contribution in [1.82, 2.24) is 4.90 Å². The number of piperidine rings is 1. The lowest BCUT2D eigenvalue weighted by molar-refractivity contribution is -0.161. The van der Waals surface area contributed by atoms with Crippen molar-refractivity contribution >= 4 is 18.4 Å². The Labute approximate surface area is 104 Å². The number of rotatable bonds is 2. The molecule has 0 aromatic carbocycles. The molecule has 0 spiro atoms. The number of halogens is 1. The number of carbonyl (C=O) groups excluding carboxylic acids is 1. The smallest absolute Gasteiger partial charge is 0.309 e. The maximum Gasteiger partial charge on any atom is 0.309 e. The summed E-state index contributed by atoms with van der Waals surface area (Å²) in [4.78, 5) is 13.9. The number of likely N-dealkylation sites (tertiary alicyclic amines) is 1. The molecule has 0 aromatic rings. The SMILES string of the molecule is CC(C)(C)OC(=O)C1CCN(CN)CC1.Cl. The average Bonchev–Trinajstić information content (AvgIpc) is 2.15. The van der Waals surface area contributed by atoms with Crippen molar-refractivity contribution in [3.05, 3.63) is 0 Å². The van der Waals surface area contributed by atoms with E-state index in [4.69, 9.17) is 10.5 Å². The van der Waals surface area contributed by atoms with Crippen LogP contribution in [0.15, 0.2) is 0 Å². The quantitative estimate of drug-likeness (QED) is 0.753. The number of hydrogen-bond acceptors (Lipinski definition) is 4. The monoisotopic (exact) mass is 250 g/mol. The first-order chi connectivity index (χ1) is 6.92. The van der Waals surface area contributed by atoms with Gasteiger partial charge in [-0.15, -0.1) is 12.4 Å². The molecule has 0 aromatic heterocycles. The van der Waals surface area contributed by atoms with Gasteiger partial charge in [-0.3, -0.25) is 9.69 Å². The van der Waals surface area contributed by atoms with Crippen molar-refractivity contribution in [1.29, 1.82) is 0 Å². The van der Waals surface area contributed by atoms with Crippen molar-refractivity contribution in [3.8, 4) is 0 Å². The van der Waals surface area contributed by atoms with E-state index in [-0.39, 0.29) is 29.9 Å². The number of nitrogens with two attached hydrogens (primary N) is 1. The Morgan fingerprint density at radius 1 is 1.38 bits per heavy atom. The molecule has 0 atom stereocenters. The van der Waals surface area contributed by atoms with Crippen molar-refractivity contribution in [3.63, 3.8) is 0 Å². The average molecular weight is 251 g/mol. The van der Waals surface area contributed by atoms with Gasteiger partial charge in [0, 0.05) is 19.8 Å². The molecule has 96 valence electrons. The summed E-state index contributed by atoms with van der Waals surface area (Å²) in [5.41, 5.74) is 5.16. The van der Waals surface area contributed by atoms with E-state index >= 15 is 0 Å². The molecule has 1 fully saturated rings. The van der Waals surface area contributed by atoms with Crippen molar-refractivity contribution in [2.24, 2.45) is 11.7 Å². The van der Waals surface area contributed by atoms with Gasteiger partial charge in [-0.05, 0) is 33.6 Å². The standard InChI is InChI=1S/C11H22N2O2.ClH/c1-11(2,3)15-10(14)9-4-6-13(8-12)7-5-9;/h9H,4-8,12H2,1-3H3;1H. The first-order valence-corrected chi connectivity index (χ1v) is 5.57. The molecule has 1 aliphatic heterocycles. The van der Waals surface area contributed by atoms with Gasteiger partial charge in [0.05, 0.1) is 5.92 Å². The van der Waals surface area contributed by atoms with E-state index in [9.17, 15) is 4.79 Å². The second-order valence-electron chi connectivity index (χ2n) is 5.11. The summed E-state index contributed by atoms with van der Waals surface area (Å²) < 4.78 is 5.36. The van der Waals surface area contributed by atoms with Crippen molar-refractivity contribution < 1.29 is 9.53 Å². The second-order valence-corrected chi connectivity index (χ2v) is 5.11. The van der Waals surface area contributed by atoms with Crippen LogP contribution in [0, 0.1) is 5.92 Å². The predicted octanol–water partition coefficient (Wildman–Crippen LogP) is 1.38. The van der Waals surface area contributed by atoms with Crippen molar-refractivity contribution in [2.45, 2.75) is 39.2 Å². The molecule has 2 N–H and O–H groups in total. The van der Waals surface area contributed by atoms with Gasteiger partial charge >= 0.3 is 5.97 Å². The van der Waals surface area contributed by atoms with Gasteiger partial charge in [0.25, 0.3) is 0 Å². The molecule has 0 radical (unpaired) electrons. The minimum Gasteiger partial charge on any atom is -0.460 e. The molecule has 0 bridgehead atoms. The minimum atomic E-state index is -0.373. The van der Waals surface area contributed by atoms with Crippen LogP contribution < -0.4 is 5.73 Å². The van der Waals surface area contributed by atoms with Gasteiger partial charge in [0.15, 0.2) is 0 Å². The fourth-order valence-electron chi connectivity index (χ4n) is 1.74. The maximum atomic E-state index is 11.7. The van der Waals surface area contributed by atoms with Gasteiger partial charge in [-0.2, -0.15) is 0 Å². The lowest BCUT2D eigenvalue weighted by Crippen LogP contribution is -2.41. The van der Waals surface area contributed by atoms with Crippen molar-refractivity contribution in [2.75, 3.05) is 19.8 Å². The molecule has 4 nitrogen and oxygen atoms in total. The Morgan fingerprint density at radius 2 is 1.88 bits per heavy atom. The number of nitrogens with zero attached hydrogens (tertiary/aromatic N) is 1. The van der Waals surface area contributed by atoms with Crippen LogP contribution in [-0.2, 0) is 9.53 Å². The Bertz CT molecular complexity index is 221. The zero-order chi connectivity index (χ0) is 11.5. The van der Waals surface area contributed by atoms with E-state index in [1.54, 1.807) is 0 Å². The van der Waals surface area contributed by atoms with Crippen LogP contribution >= 0.6 is 12.4 Å². The van der Waals surface area contributed by atoms with E-state index in [0.29, 0.717) is 6.67 Å². The number of carbonyl (C=O) groups is 1. The van der Waals surface area contributed by atoms with Crippen LogP contribution in [-0.4, -0.2) is 36.2 Å². The molecular formula is C11H23ClN2O2. The molecule has 0 aliphatic carbocycles. The summed E-state index contributed by atoms with van der Waals surface area (Å²) in [6, 6.07) is 0. The highest BCUT2D eigenvalue weighted by molar-refractivity contribution is 5.85. The van der Waals surface area contributed by atoms with Gasteiger partial charge in [0.2, 0.25) is 0 Å². The predicted molar refractivity (Wildman–Crippen MR) is 66.4 cm³/mol.